The van der Waals surface area contributed by atoms with E-state index in [2.05, 4.69) is 15.4 Å². The number of anilines is 1. The maximum absolute atomic E-state index is 12.1. The lowest BCUT2D eigenvalue weighted by atomic mass is 10.0. The highest BCUT2D eigenvalue weighted by Gasteiger charge is 2.35. The summed E-state index contributed by atoms with van der Waals surface area (Å²) in [6, 6.07) is 10.4. The third-order valence-corrected chi connectivity index (χ3v) is 4.59. The molecule has 4 rings (SSSR count). The molecule has 2 aromatic heterocycles. The number of aromatic nitrogens is 3. The third-order valence-electron chi connectivity index (χ3n) is 4.26. The Bertz CT molecular complexity index is 1050. The van der Waals surface area contributed by atoms with Gasteiger partial charge in [-0.3, -0.25) is 4.79 Å². The number of hydrogen-bond acceptors (Lipinski definition) is 5. The largest absolute Gasteiger partial charge is 0.464 e. The molecule has 0 unspecified atom stereocenters. The minimum atomic E-state index is -0.596. The molecule has 1 amide bonds. The van der Waals surface area contributed by atoms with E-state index in [0.29, 0.717) is 39.4 Å². The van der Waals surface area contributed by atoms with Gasteiger partial charge >= 0.3 is 0 Å². The fourth-order valence-electron chi connectivity index (χ4n) is 3.09. The van der Waals surface area contributed by atoms with Crippen molar-refractivity contribution in [3.63, 3.8) is 0 Å². The van der Waals surface area contributed by atoms with E-state index in [0.717, 1.165) is 5.76 Å². The maximum atomic E-state index is 12.1. The van der Waals surface area contributed by atoms with Crippen LogP contribution in [0.4, 0.5) is 5.95 Å². The van der Waals surface area contributed by atoms with Gasteiger partial charge in [0.2, 0.25) is 11.9 Å². The molecule has 26 heavy (non-hydrogen) atoms. The number of nitrogens with one attached hydrogen (secondary N) is 1. The van der Waals surface area contributed by atoms with Crippen molar-refractivity contribution in [2.75, 3.05) is 5.32 Å². The fourth-order valence-corrected chi connectivity index (χ4v) is 3.31. The minimum Gasteiger partial charge on any atom is -0.464 e. The highest BCUT2D eigenvalue weighted by atomic mass is 35.5. The van der Waals surface area contributed by atoms with E-state index in [1.807, 2.05) is 37.3 Å². The topological polar surface area (TPSA) is 99.0 Å². The molecular formula is C18H16ClN5O2. The summed E-state index contributed by atoms with van der Waals surface area (Å²) in [7, 11) is 0. The molecule has 132 valence electrons. The zero-order valence-electron chi connectivity index (χ0n) is 14.2. The number of amides is 1. The summed E-state index contributed by atoms with van der Waals surface area (Å²) >= 11 is 6.27. The number of aryl methyl sites for hydroxylation is 1. The number of primary amides is 1. The predicted octanol–water partition coefficient (Wildman–Crippen LogP) is 3.27. The van der Waals surface area contributed by atoms with Crippen LogP contribution < -0.4 is 11.1 Å². The molecule has 7 nitrogen and oxygen atoms in total. The summed E-state index contributed by atoms with van der Waals surface area (Å²) in [5.41, 5.74) is 7.32. The number of furan rings is 1. The Hall–Kier alpha value is -3.06. The summed E-state index contributed by atoms with van der Waals surface area (Å²) in [6.07, 6.45) is 0. The van der Waals surface area contributed by atoms with Crippen LogP contribution in [0.1, 0.15) is 24.5 Å². The summed E-state index contributed by atoms with van der Waals surface area (Å²) in [5.74, 6) is 1.68. The van der Waals surface area contributed by atoms with Gasteiger partial charge in [0.15, 0.2) is 5.82 Å². The second-order valence-electron chi connectivity index (χ2n) is 6.06. The van der Waals surface area contributed by atoms with Crippen molar-refractivity contribution in [3.05, 3.63) is 64.2 Å². The van der Waals surface area contributed by atoms with Crippen molar-refractivity contribution in [2.24, 2.45) is 5.73 Å². The second-order valence-corrected chi connectivity index (χ2v) is 6.47. The number of carbonyl (C=O) groups is 1. The van der Waals surface area contributed by atoms with Crippen molar-refractivity contribution in [1.29, 1.82) is 0 Å². The van der Waals surface area contributed by atoms with E-state index >= 15 is 0 Å². The Morgan fingerprint density at radius 2 is 2.04 bits per heavy atom. The van der Waals surface area contributed by atoms with Gasteiger partial charge in [0.1, 0.15) is 17.6 Å². The number of hydrogen-bond donors (Lipinski definition) is 2. The van der Waals surface area contributed by atoms with Crippen LogP contribution in [0.2, 0.25) is 5.02 Å². The van der Waals surface area contributed by atoms with Crippen molar-refractivity contribution in [3.8, 4) is 11.4 Å². The predicted molar refractivity (Wildman–Crippen MR) is 97.6 cm³/mol. The van der Waals surface area contributed by atoms with Gasteiger partial charge in [0, 0.05) is 11.3 Å². The molecule has 0 spiro atoms. The van der Waals surface area contributed by atoms with Crippen LogP contribution in [0, 0.1) is 6.92 Å². The summed E-state index contributed by atoms with van der Waals surface area (Å²) in [6.45, 7) is 3.61. The van der Waals surface area contributed by atoms with E-state index in [1.165, 1.54) is 0 Å². The maximum Gasteiger partial charge on any atom is 0.249 e. The lowest BCUT2D eigenvalue weighted by molar-refractivity contribution is -0.115. The van der Waals surface area contributed by atoms with Crippen molar-refractivity contribution in [1.82, 2.24) is 14.8 Å². The first-order valence-corrected chi connectivity index (χ1v) is 8.39. The van der Waals surface area contributed by atoms with E-state index < -0.39 is 11.9 Å². The molecule has 8 heteroatoms. The van der Waals surface area contributed by atoms with Gasteiger partial charge < -0.3 is 15.5 Å². The molecule has 0 saturated carbocycles. The number of benzene rings is 1. The smallest absolute Gasteiger partial charge is 0.249 e. The average molecular weight is 370 g/mol. The van der Waals surface area contributed by atoms with Crippen LogP contribution in [0.3, 0.4) is 0 Å². The van der Waals surface area contributed by atoms with Crippen LogP contribution in [0.5, 0.6) is 0 Å². The number of allylic oxidation sites excluding steroid dienone is 1. The van der Waals surface area contributed by atoms with Gasteiger partial charge in [-0.1, -0.05) is 23.7 Å². The van der Waals surface area contributed by atoms with Gasteiger partial charge in [-0.25, -0.2) is 4.68 Å². The van der Waals surface area contributed by atoms with Gasteiger partial charge in [0.05, 0.1) is 10.6 Å². The molecule has 3 heterocycles. The first-order valence-electron chi connectivity index (χ1n) is 8.01. The fraction of sp³-hybridized carbons (Fsp3) is 0.167. The molecule has 1 atom stereocenters. The van der Waals surface area contributed by atoms with Gasteiger partial charge in [0.25, 0.3) is 0 Å². The molecule has 1 aliphatic heterocycles. The summed E-state index contributed by atoms with van der Waals surface area (Å²) in [4.78, 5) is 16.6. The van der Waals surface area contributed by atoms with Crippen LogP contribution in [0.25, 0.3) is 11.4 Å². The number of nitrogens with zero attached hydrogens (tertiary/aromatic N) is 3. The Balaban J connectivity index is 1.90. The Morgan fingerprint density at radius 1 is 1.27 bits per heavy atom. The number of nitrogens with two attached hydrogens (primary N) is 1. The van der Waals surface area contributed by atoms with Gasteiger partial charge in [-0.05, 0) is 38.1 Å². The molecule has 0 fully saturated rings. The Labute approximate surface area is 154 Å². The molecule has 3 N–H and O–H groups in total. The van der Waals surface area contributed by atoms with Crippen molar-refractivity contribution in [2.45, 2.75) is 19.9 Å². The summed E-state index contributed by atoms with van der Waals surface area (Å²) in [5, 5.41) is 8.21. The lowest BCUT2D eigenvalue weighted by Gasteiger charge is -2.25. The molecular weight excluding hydrogens is 354 g/mol. The molecule has 3 aromatic rings. The minimum absolute atomic E-state index is 0.377. The molecule has 0 radical (unpaired) electrons. The monoisotopic (exact) mass is 369 g/mol. The molecule has 0 aliphatic carbocycles. The van der Waals surface area contributed by atoms with Gasteiger partial charge in [-0.15, -0.1) is 5.10 Å². The van der Waals surface area contributed by atoms with Gasteiger partial charge in [-0.2, -0.15) is 4.98 Å². The van der Waals surface area contributed by atoms with Crippen molar-refractivity contribution < 1.29 is 9.21 Å². The number of rotatable bonds is 3. The molecule has 1 aromatic carbocycles. The van der Waals surface area contributed by atoms with E-state index in [-0.39, 0.29) is 0 Å². The highest BCUT2D eigenvalue weighted by Crippen LogP contribution is 2.37. The number of halogens is 1. The lowest BCUT2D eigenvalue weighted by Crippen LogP contribution is -2.31. The number of fused-ring (bicyclic) bond motifs is 1. The second kappa shape index (κ2) is 6.03. The van der Waals surface area contributed by atoms with Crippen LogP contribution in [-0.2, 0) is 4.79 Å². The Morgan fingerprint density at radius 3 is 2.69 bits per heavy atom. The van der Waals surface area contributed by atoms with Crippen LogP contribution >= 0.6 is 11.6 Å². The average Bonchev–Trinajstić information content (AvgIpc) is 3.19. The molecule has 0 saturated heterocycles. The number of carbonyl (C=O) groups excluding carboxylic acids is 1. The van der Waals surface area contributed by atoms with Crippen molar-refractivity contribution >= 4 is 23.5 Å². The standard InChI is InChI=1S/C18H16ClN5O2/c1-9-7-8-13(26-9)15-14(16(20)25)10(2)21-18-22-17(23-24(15)18)11-5-3-4-6-12(11)19/h3-8,15H,1-2H3,(H2,20,25)(H,21,22,23)/t15-/m1/s1. The van der Waals surface area contributed by atoms with E-state index in [4.69, 9.17) is 21.8 Å². The molecule has 0 bridgehead atoms. The molecule has 1 aliphatic rings. The third kappa shape index (κ3) is 2.57. The summed E-state index contributed by atoms with van der Waals surface area (Å²) < 4.78 is 7.36. The quantitative estimate of drug-likeness (QED) is 0.738. The van der Waals surface area contributed by atoms with E-state index in [9.17, 15) is 4.79 Å². The first-order chi connectivity index (χ1) is 12.5. The Kier molecular flexibility index (Phi) is 3.81. The van der Waals surface area contributed by atoms with Crippen LogP contribution in [0.15, 0.2) is 52.1 Å². The highest BCUT2D eigenvalue weighted by molar-refractivity contribution is 6.33. The van der Waals surface area contributed by atoms with E-state index in [1.54, 1.807) is 17.7 Å². The zero-order valence-corrected chi connectivity index (χ0v) is 14.9. The SMILES string of the molecule is CC1=C(C(N)=O)[C@@H](c2ccc(C)o2)n2nc(-c3ccccc3Cl)nc2N1. The zero-order chi connectivity index (χ0) is 18.4. The van der Waals surface area contributed by atoms with Crippen LogP contribution in [-0.4, -0.2) is 20.7 Å². The first kappa shape index (κ1) is 16.4. The normalized spacial score (nSPS) is 16.3.